The van der Waals surface area contributed by atoms with E-state index in [9.17, 15) is 23.3 Å². The van der Waals surface area contributed by atoms with E-state index in [-0.39, 0.29) is 27.6 Å². The van der Waals surface area contributed by atoms with Crippen LogP contribution in [0.3, 0.4) is 0 Å². The molecular formula is C15H7ClF3N3O2. The van der Waals surface area contributed by atoms with E-state index >= 15 is 0 Å². The van der Waals surface area contributed by atoms with E-state index in [4.69, 9.17) is 11.6 Å². The molecule has 9 heteroatoms. The van der Waals surface area contributed by atoms with Crippen LogP contribution in [0.1, 0.15) is 5.56 Å². The van der Waals surface area contributed by atoms with Crippen LogP contribution in [0.15, 0.2) is 42.5 Å². The van der Waals surface area contributed by atoms with Gasteiger partial charge >= 0.3 is 6.18 Å². The average Bonchev–Trinajstić information content (AvgIpc) is 2.53. The molecule has 0 radical (unpaired) electrons. The predicted octanol–water partition coefficient (Wildman–Crippen LogP) is 4.88. The summed E-state index contributed by atoms with van der Waals surface area (Å²) in [7, 11) is 0. The van der Waals surface area contributed by atoms with Gasteiger partial charge in [-0.25, -0.2) is 9.97 Å². The lowest BCUT2D eigenvalue weighted by Gasteiger charge is -2.09. The molecule has 3 aromatic rings. The van der Waals surface area contributed by atoms with Crippen LogP contribution in [-0.2, 0) is 6.18 Å². The summed E-state index contributed by atoms with van der Waals surface area (Å²) in [6, 6.07) is 8.36. The zero-order valence-corrected chi connectivity index (χ0v) is 12.5. The lowest BCUT2D eigenvalue weighted by Crippen LogP contribution is -2.05. The van der Waals surface area contributed by atoms with Crippen molar-refractivity contribution >= 4 is 28.2 Å². The first-order chi connectivity index (χ1) is 11.3. The highest BCUT2D eigenvalue weighted by atomic mass is 35.5. The second-order valence-electron chi connectivity index (χ2n) is 4.88. The number of benzene rings is 2. The second kappa shape index (κ2) is 5.72. The van der Waals surface area contributed by atoms with E-state index in [0.717, 1.165) is 12.1 Å². The van der Waals surface area contributed by atoms with Crippen LogP contribution in [-0.4, -0.2) is 14.9 Å². The number of nitro groups is 1. The van der Waals surface area contributed by atoms with Crippen molar-refractivity contribution in [3.63, 3.8) is 0 Å². The van der Waals surface area contributed by atoms with Crippen molar-refractivity contribution in [2.24, 2.45) is 0 Å². The minimum Gasteiger partial charge on any atom is -0.258 e. The third kappa shape index (κ3) is 3.00. The van der Waals surface area contributed by atoms with Gasteiger partial charge in [-0.3, -0.25) is 10.1 Å². The van der Waals surface area contributed by atoms with Crippen molar-refractivity contribution in [3.8, 4) is 11.4 Å². The maximum Gasteiger partial charge on any atom is 0.416 e. The van der Waals surface area contributed by atoms with Gasteiger partial charge in [0.15, 0.2) is 5.82 Å². The number of nitro benzene ring substituents is 1. The highest BCUT2D eigenvalue weighted by molar-refractivity contribution is 6.34. The third-order valence-electron chi connectivity index (χ3n) is 3.29. The Morgan fingerprint density at radius 2 is 1.83 bits per heavy atom. The van der Waals surface area contributed by atoms with E-state index in [1.165, 1.54) is 30.3 Å². The Balaban J connectivity index is 2.15. The summed E-state index contributed by atoms with van der Waals surface area (Å²) in [6.45, 7) is 0. The standard InChI is InChI=1S/C15H7ClF3N3O2/c16-13-11-7-10(22(23)24)4-5-12(11)20-14(21-13)8-2-1-3-9(6-8)15(17,18)19/h1-7H. The van der Waals surface area contributed by atoms with E-state index in [1.54, 1.807) is 0 Å². The summed E-state index contributed by atoms with van der Waals surface area (Å²) in [5.41, 5.74) is -0.566. The van der Waals surface area contributed by atoms with Crippen molar-refractivity contribution in [1.29, 1.82) is 0 Å². The van der Waals surface area contributed by atoms with Crippen LogP contribution < -0.4 is 0 Å². The molecule has 1 heterocycles. The summed E-state index contributed by atoms with van der Waals surface area (Å²) >= 11 is 6.02. The quantitative estimate of drug-likeness (QED) is 0.374. The second-order valence-corrected chi connectivity index (χ2v) is 5.23. The number of alkyl halides is 3. The summed E-state index contributed by atoms with van der Waals surface area (Å²) < 4.78 is 38.4. The lowest BCUT2D eigenvalue weighted by molar-refractivity contribution is -0.384. The number of aromatic nitrogens is 2. The fourth-order valence-electron chi connectivity index (χ4n) is 2.16. The van der Waals surface area contributed by atoms with Gasteiger partial charge in [0.1, 0.15) is 5.15 Å². The Hall–Kier alpha value is -2.74. The number of rotatable bonds is 2. The number of halogens is 4. The van der Waals surface area contributed by atoms with Gasteiger partial charge in [-0.1, -0.05) is 23.7 Å². The van der Waals surface area contributed by atoms with Crippen LogP contribution in [0.5, 0.6) is 0 Å². The number of fused-ring (bicyclic) bond motifs is 1. The molecule has 0 spiro atoms. The number of non-ortho nitro benzene ring substituents is 1. The van der Waals surface area contributed by atoms with Crippen molar-refractivity contribution in [1.82, 2.24) is 9.97 Å². The summed E-state index contributed by atoms with van der Waals surface area (Å²) in [5.74, 6) is 0.00690. The zero-order valence-electron chi connectivity index (χ0n) is 11.7. The van der Waals surface area contributed by atoms with Crippen molar-refractivity contribution in [3.05, 3.63) is 63.3 Å². The molecule has 5 nitrogen and oxygen atoms in total. The number of hydrogen-bond acceptors (Lipinski definition) is 4. The normalized spacial score (nSPS) is 11.7. The molecule has 0 N–H and O–H groups in total. The molecule has 2 aromatic carbocycles. The van der Waals surface area contributed by atoms with Gasteiger partial charge in [-0.2, -0.15) is 13.2 Å². The van der Waals surface area contributed by atoms with Gasteiger partial charge in [-0.05, 0) is 18.2 Å². The van der Waals surface area contributed by atoms with Crippen LogP contribution in [0.25, 0.3) is 22.3 Å². The largest absolute Gasteiger partial charge is 0.416 e. The highest BCUT2D eigenvalue weighted by Gasteiger charge is 2.30. The monoisotopic (exact) mass is 353 g/mol. The van der Waals surface area contributed by atoms with E-state index in [0.29, 0.717) is 5.52 Å². The Kier molecular flexibility index (Phi) is 3.84. The SMILES string of the molecule is O=[N+]([O-])c1ccc2nc(-c3cccc(C(F)(F)F)c3)nc(Cl)c2c1. The smallest absolute Gasteiger partial charge is 0.258 e. The molecule has 0 fully saturated rings. The summed E-state index contributed by atoms with van der Waals surface area (Å²) in [5, 5.41) is 11.0. The minimum atomic E-state index is -4.49. The first-order valence-electron chi connectivity index (χ1n) is 6.55. The third-order valence-corrected chi connectivity index (χ3v) is 3.58. The van der Waals surface area contributed by atoms with Crippen molar-refractivity contribution < 1.29 is 18.1 Å². The van der Waals surface area contributed by atoms with Gasteiger partial charge < -0.3 is 0 Å². The molecule has 0 aliphatic carbocycles. The lowest BCUT2D eigenvalue weighted by atomic mass is 10.1. The molecular weight excluding hydrogens is 347 g/mol. The van der Waals surface area contributed by atoms with E-state index in [1.807, 2.05) is 0 Å². The van der Waals surface area contributed by atoms with Crippen LogP contribution in [0.2, 0.25) is 5.15 Å². The fraction of sp³-hybridized carbons (Fsp3) is 0.0667. The van der Waals surface area contributed by atoms with Gasteiger partial charge in [0.2, 0.25) is 0 Å². The van der Waals surface area contributed by atoms with Gasteiger partial charge in [0, 0.05) is 23.1 Å². The van der Waals surface area contributed by atoms with Gasteiger partial charge in [0.25, 0.3) is 5.69 Å². The maximum absolute atomic E-state index is 12.8. The van der Waals surface area contributed by atoms with E-state index in [2.05, 4.69) is 9.97 Å². The molecule has 3 rings (SSSR count). The van der Waals surface area contributed by atoms with Crippen LogP contribution in [0.4, 0.5) is 18.9 Å². The minimum absolute atomic E-state index is 0.00690. The predicted molar refractivity (Wildman–Crippen MR) is 81.6 cm³/mol. The molecule has 0 atom stereocenters. The molecule has 24 heavy (non-hydrogen) atoms. The first-order valence-corrected chi connectivity index (χ1v) is 6.93. The summed E-state index contributed by atoms with van der Waals surface area (Å²) in [4.78, 5) is 18.3. The topological polar surface area (TPSA) is 68.9 Å². The van der Waals surface area contributed by atoms with Gasteiger partial charge in [0.05, 0.1) is 16.0 Å². The van der Waals surface area contributed by atoms with Crippen molar-refractivity contribution in [2.75, 3.05) is 0 Å². The Morgan fingerprint density at radius 1 is 1.08 bits per heavy atom. The molecule has 0 amide bonds. The molecule has 0 bridgehead atoms. The summed E-state index contributed by atoms with van der Waals surface area (Å²) in [6.07, 6.45) is -4.49. The molecule has 0 saturated heterocycles. The highest BCUT2D eigenvalue weighted by Crippen LogP contribution is 2.33. The molecule has 0 saturated carbocycles. The molecule has 0 aliphatic rings. The zero-order chi connectivity index (χ0) is 17.5. The number of hydrogen-bond donors (Lipinski definition) is 0. The molecule has 122 valence electrons. The molecule has 0 aliphatic heterocycles. The van der Waals surface area contributed by atoms with Crippen LogP contribution >= 0.6 is 11.6 Å². The first kappa shape index (κ1) is 16.1. The fourth-order valence-corrected chi connectivity index (χ4v) is 2.39. The number of nitrogens with zero attached hydrogens (tertiary/aromatic N) is 3. The van der Waals surface area contributed by atoms with E-state index < -0.39 is 16.7 Å². The van der Waals surface area contributed by atoms with Crippen molar-refractivity contribution in [2.45, 2.75) is 6.18 Å². The Morgan fingerprint density at radius 3 is 2.50 bits per heavy atom. The molecule has 1 aromatic heterocycles. The Labute approximate surface area is 137 Å². The Bertz CT molecular complexity index is 960. The molecule has 0 unspecified atom stereocenters. The van der Waals surface area contributed by atoms with Gasteiger partial charge in [-0.15, -0.1) is 0 Å². The maximum atomic E-state index is 12.8. The average molecular weight is 354 g/mol. The van der Waals surface area contributed by atoms with Crippen LogP contribution in [0, 0.1) is 10.1 Å².